The van der Waals surface area contributed by atoms with Crippen LogP contribution in [0.5, 0.6) is 0 Å². The smallest absolute Gasteiger partial charge is 0.191 e. The van der Waals surface area contributed by atoms with Gasteiger partial charge >= 0.3 is 0 Å². The quantitative estimate of drug-likeness (QED) is 0.633. The van der Waals surface area contributed by atoms with E-state index in [1.54, 1.807) is 7.05 Å². The molecular formula is C15H25N3. The average Bonchev–Trinajstić information content (AvgIpc) is 2.35. The fraction of sp³-hybridized carbons (Fsp3) is 0.533. The van der Waals surface area contributed by atoms with E-state index in [0.29, 0.717) is 6.04 Å². The van der Waals surface area contributed by atoms with Gasteiger partial charge in [-0.05, 0) is 19.4 Å². The second kappa shape index (κ2) is 6.43. The molecule has 1 rings (SSSR count). The number of hydrogen-bond donors (Lipinski definition) is 2. The van der Waals surface area contributed by atoms with E-state index in [0.717, 1.165) is 12.5 Å². The van der Waals surface area contributed by atoms with Gasteiger partial charge in [-0.3, -0.25) is 4.99 Å². The summed E-state index contributed by atoms with van der Waals surface area (Å²) in [5.41, 5.74) is 1.41. The third-order valence-corrected chi connectivity index (χ3v) is 2.90. The molecule has 2 N–H and O–H groups in total. The first-order valence-corrected chi connectivity index (χ1v) is 6.48. The SMILES string of the molecule is CN=C(NCC(C)(C)c1ccccc1)NC(C)C. The summed E-state index contributed by atoms with van der Waals surface area (Å²) in [5.74, 6) is 0.856. The zero-order valence-corrected chi connectivity index (χ0v) is 12.1. The number of guanidine groups is 1. The molecule has 3 heteroatoms. The van der Waals surface area contributed by atoms with Crippen LogP contribution in [-0.4, -0.2) is 25.6 Å². The first kappa shape index (κ1) is 14.6. The summed E-state index contributed by atoms with van der Waals surface area (Å²) in [7, 11) is 1.80. The molecule has 0 fully saturated rings. The molecule has 1 aromatic rings. The van der Waals surface area contributed by atoms with Crippen LogP contribution < -0.4 is 10.6 Å². The summed E-state index contributed by atoms with van der Waals surface area (Å²) in [4.78, 5) is 4.22. The van der Waals surface area contributed by atoms with Gasteiger partial charge in [-0.25, -0.2) is 0 Å². The molecule has 0 aliphatic carbocycles. The molecule has 0 bridgehead atoms. The Bertz CT molecular complexity index is 380. The number of nitrogens with zero attached hydrogens (tertiary/aromatic N) is 1. The summed E-state index contributed by atoms with van der Waals surface area (Å²) in [6, 6.07) is 10.9. The molecule has 0 radical (unpaired) electrons. The predicted octanol–water partition coefficient (Wildman–Crippen LogP) is 2.54. The highest BCUT2D eigenvalue weighted by atomic mass is 15.2. The average molecular weight is 247 g/mol. The summed E-state index contributed by atoms with van der Waals surface area (Å²) < 4.78 is 0. The molecule has 0 aromatic heterocycles. The van der Waals surface area contributed by atoms with Crippen LogP contribution in [0, 0.1) is 0 Å². The zero-order chi connectivity index (χ0) is 13.6. The van der Waals surface area contributed by atoms with Gasteiger partial charge in [-0.1, -0.05) is 44.2 Å². The van der Waals surface area contributed by atoms with Crippen LogP contribution in [0.15, 0.2) is 35.3 Å². The Hall–Kier alpha value is -1.51. The van der Waals surface area contributed by atoms with Gasteiger partial charge in [-0.15, -0.1) is 0 Å². The second-order valence-electron chi connectivity index (χ2n) is 5.47. The van der Waals surface area contributed by atoms with Crippen molar-refractivity contribution in [1.82, 2.24) is 10.6 Å². The highest BCUT2D eigenvalue weighted by molar-refractivity contribution is 5.80. The molecular weight excluding hydrogens is 222 g/mol. The van der Waals surface area contributed by atoms with Crippen molar-refractivity contribution in [1.29, 1.82) is 0 Å². The van der Waals surface area contributed by atoms with Crippen LogP contribution in [0.25, 0.3) is 0 Å². The fourth-order valence-corrected chi connectivity index (χ4v) is 1.76. The van der Waals surface area contributed by atoms with Gasteiger partial charge in [0, 0.05) is 25.0 Å². The molecule has 0 heterocycles. The van der Waals surface area contributed by atoms with E-state index in [4.69, 9.17) is 0 Å². The van der Waals surface area contributed by atoms with Crippen LogP contribution in [0.1, 0.15) is 33.3 Å². The maximum Gasteiger partial charge on any atom is 0.191 e. The Balaban J connectivity index is 2.62. The Morgan fingerprint density at radius 3 is 2.33 bits per heavy atom. The highest BCUT2D eigenvalue weighted by Crippen LogP contribution is 2.21. The largest absolute Gasteiger partial charge is 0.356 e. The van der Waals surface area contributed by atoms with Gasteiger partial charge in [0.25, 0.3) is 0 Å². The van der Waals surface area contributed by atoms with E-state index in [1.807, 2.05) is 6.07 Å². The lowest BCUT2D eigenvalue weighted by molar-refractivity contribution is 0.506. The molecule has 100 valence electrons. The van der Waals surface area contributed by atoms with Crippen LogP contribution in [0.2, 0.25) is 0 Å². The Morgan fingerprint density at radius 2 is 1.83 bits per heavy atom. The van der Waals surface area contributed by atoms with Crippen molar-refractivity contribution in [2.45, 2.75) is 39.2 Å². The number of aliphatic imine (C=N–C) groups is 1. The third-order valence-electron chi connectivity index (χ3n) is 2.90. The molecule has 0 amide bonds. The molecule has 0 aliphatic rings. The molecule has 0 saturated heterocycles. The van der Waals surface area contributed by atoms with Crippen molar-refractivity contribution in [3.63, 3.8) is 0 Å². The van der Waals surface area contributed by atoms with Gasteiger partial charge in [0.15, 0.2) is 5.96 Å². The molecule has 18 heavy (non-hydrogen) atoms. The van der Waals surface area contributed by atoms with Crippen LogP contribution in [-0.2, 0) is 5.41 Å². The number of nitrogens with one attached hydrogen (secondary N) is 2. The fourth-order valence-electron chi connectivity index (χ4n) is 1.76. The highest BCUT2D eigenvalue weighted by Gasteiger charge is 2.20. The summed E-state index contributed by atoms with van der Waals surface area (Å²) in [6.07, 6.45) is 0. The molecule has 1 aromatic carbocycles. The van der Waals surface area contributed by atoms with E-state index < -0.39 is 0 Å². The molecule has 0 spiro atoms. The lowest BCUT2D eigenvalue weighted by Crippen LogP contribution is -2.45. The maximum atomic E-state index is 4.22. The van der Waals surface area contributed by atoms with Crippen LogP contribution >= 0.6 is 0 Å². The van der Waals surface area contributed by atoms with E-state index in [2.05, 4.69) is 67.6 Å². The monoisotopic (exact) mass is 247 g/mol. The van der Waals surface area contributed by atoms with Crippen molar-refractivity contribution in [3.05, 3.63) is 35.9 Å². The van der Waals surface area contributed by atoms with Gasteiger partial charge in [-0.2, -0.15) is 0 Å². The van der Waals surface area contributed by atoms with Gasteiger partial charge < -0.3 is 10.6 Å². The normalized spacial score (nSPS) is 12.7. The number of hydrogen-bond acceptors (Lipinski definition) is 1. The van der Waals surface area contributed by atoms with Crippen molar-refractivity contribution in [3.8, 4) is 0 Å². The number of rotatable bonds is 4. The van der Waals surface area contributed by atoms with E-state index in [1.165, 1.54) is 5.56 Å². The van der Waals surface area contributed by atoms with Crippen LogP contribution in [0.4, 0.5) is 0 Å². The summed E-state index contributed by atoms with van der Waals surface area (Å²) in [6.45, 7) is 9.53. The lowest BCUT2D eigenvalue weighted by atomic mass is 9.85. The topological polar surface area (TPSA) is 36.4 Å². The minimum atomic E-state index is 0.0792. The van der Waals surface area contributed by atoms with E-state index >= 15 is 0 Å². The number of benzene rings is 1. The Morgan fingerprint density at radius 1 is 1.22 bits per heavy atom. The predicted molar refractivity (Wildman–Crippen MR) is 79.1 cm³/mol. The van der Waals surface area contributed by atoms with Crippen molar-refractivity contribution < 1.29 is 0 Å². The lowest BCUT2D eigenvalue weighted by Gasteiger charge is -2.27. The third kappa shape index (κ3) is 4.40. The van der Waals surface area contributed by atoms with Crippen LogP contribution in [0.3, 0.4) is 0 Å². The van der Waals surface area contributed by atoms with Crippen molar-refractivity contribution in [2.24, 2.45) is 4.99 Å². The van der Waals surface area contributed by atoms with Gasteiger partial charge in [0.1, 0.15) is 0 Å². The zero-order valence-electron chi connectivity index (χ0n) is 12.1. The Kier molecular flexibility index (Phi) is 5.20. The van der Waals surface area contributed by atoms with E-state index in [-0.39, 0.29) is 5.41 Å². The first-order valence-electron chi connectivity index (χ1n) is 6.48. The molecule has 3 nitrogen and oxygen atoms in total. The molecule has 0 saturated carbocycles. The second-order valence-corrected chi connectivity index (χ2v) is 5.47. The minimum Gasteiger partial charge on any atom is -0.356 e. The molecule has 0 aliphatic heterocycles. The van der Waals surface area contributed by atoms with Gasteiger partial charge in [0.05, 0.1) is 0 Å². The van der Waals surface area contributed by atoms with Gasteiger partial charge in [0.2, 0.25) is 0 Å². The Labute approximate surface area is 111 Å². The first-order chi connectivity index (χ1) is 8.45. The van der Waals surface area contributed by atoms with Crippen molar-refractivity contribution >= 4 is 5.96 Å². The summed E-state index contributed by atoms with van der Waals surface area (Å²) >= 11 is 0. The standard InChI is InChI=1S/C15H25N3/c1-12(2)18-14(16-5)17-11-15(3,4)13-9-7-6-8-10-13/h6-10,12H,11H2,1-5H3,(H2,16,17,18). The summed E-state index contributed by atoms with van der Waals surface area (Å²) in [5, 5.41) is 6.67. The minimum absolute atomic E-state index is 0.0792. The molecule has 0 unspecified atom stereocenters. The maximum absolute atomic E-state index is 4.22. The molecule has 0 atom stereocenters. The van der Waals surface area contributed by atoms with Crippen molar-refractivity contribution in [2.75, 3.05) is 13.6 Å². The van der Waals surface area contributed by atoms with E-state index in [9.17, 15) is 0 Å².